The summed E-state index contributed by atoms with van der Waals surface area (Å²) in [5.74, 6) is 0.157. The SMILES string of the molecule is CCCCN(C)c1nccc(C(=O)Nc2cc(Cl)ccc2Cl)n1. The van der Waals surface area contributed by atoms with Crippen LogP contribution < -0.4 is 10.2 Å². The lowest BCUT2D eigenvalue weighted by molar-refractivity contribution is 0.102. The number of hydrogen-bond acceptors (Lipinski definition) is 4. The van der Waals surface area contributed by atoms with Crippen LogP contribution in [0.2, 0.25) is 10.0 Å². The van der Waals surface area contributed by atoms with Crippen molar-refractivity contribution in [2.24, 2.45) is 0 Å². The van der Waals surface area contributed by atoms with E-state index in [2.05, 4.69) is 22.2 Å². The number of halogens is 2. The molecule has 0 aliphatic carbocycles. The smallest absolute Gasteiger partial charge is 0.274 e. The molecule has 122 valence electrons. The van der Waals surface area contributed by atoms with Crippen molar-refractivity contribution in [1.82, 2.24) is 9.97 Å². The molecule has 1 aromatic carbocycles. The van der Waals surface area contributed by atoms with Gasteiger partial charge in [-0.15, -0.1) is 0 Å². The van der Waals surface area contributed by atoms with Gasteiger partial charge in [-0.05, 0) is 30.7 Å². The van der Waals surface area contributed by atoms with E-state index in [1.54, 1.807) is 30.5 Å². The molecule has 0 aliphatic heterocycles. The molecule has 0 saturated carbocycles. The number of hydrogen-bond donors (Lipinski definition) is 1. The zero-order chi connectivity index (χ0) is 16.8. The van der Waals surface area contributed by atoms with Gasteiger partial charge in [-0.25, -0.2) is 9.97 Å². The number of aromatic nitrogens is 2. The number of anilines is 2. The predicted octanol–water partition coefficient (Wildman–Crippen LogP) is 4.27. The van der Waals surface area contributed by atoms with Crippen LogP contribution in [0.4, 0.5) is 11.6 Å². The third kappa shape index (κ3) is 4.81. The van der Waals surface area contributed by atoms with E-state index in [0.29, 0.717) is 21.7 Å². The molecule has 0 unspecified atom stereocenters. The first-order chi connectivity index (χ1) is 11.0. The van der Waals surface area contributed by atoms with Crippen molar-refractivity contribution >= 4 is 40.7 Å². The summed E-state index contributed by atoms with van der Waals surface area (Å²) in [5, 5.41) is 3.62. The molecule has 0 bridgehead atoms. The van der Waals surface area contributed by atoms with Gasteiger partial charge in [0, 0.05) is 24.8 Å². The molecular formula is C16H18Cl2N4O. The summed E-state index contributed by atoms with van der Waals surface area (Å²) >= 11 is 12.0. The number of unbranched alkanes of at least 4 members (excludes halogenated alkanes) is 1. The number of amides is 1. The van der Waals surface area contributed by atoms with E-state index in [0.717, 1.165) is 19.4 Å². The normalized spacial score (nSPS) is 10.4. The van der Waals surface area contributed by atoms with E-state index in [-0.39, 0.29) is 11.6 Å². The van der Waals surface area contributed by atoms with Gasteiger partial charge in [0.05, 0.1) is 10.7 Å². The minimum Gasteiger partial charge on any atom is -0.344 e. The zero-order valence-corrected chi connectivity index (χ0v) is 14.5. The van der Waals surface area contributed by atoms with E-state index >= 15 is 0 Å². The summed E-state index contributed by atoms with van der Waals surface area (Å²) in [4.78, 5) is 22.8. The van der Waals surface area contributed by atoms with Gasteiger partial charge in [0.1, 0.15) is 5.69 Å². The Morgan fingerprint density at radius 1 is 1.30 bits per heavy atom. The van der Waals surface area contributed by atoms with Crippen LogP contribution in [0.25, 0.3) is 0 Å². The fourth-order valence-electron chi connectivity index (χ4n) is 1.93. The van der Waals surface area contributed by atoms with Crippen LogP contribution in [0.1, 0.15) is 30.3 Å². The van der Waals surface area contributed by atoms with Crippen molar-refractivity contribution in [1.29, 1.82) is 0 Å². The van der Waals surface area contributed by atoms with Gasteiger partial charge in [0.15, 0.2) is 0 Å². The standard InChI is InChI=1S/C16H18Cl2N4O/c1-3-4-9-22(2)16-19-8-7-13(21-16)15(23)20-14-10-11(17)5-6-12(14)18/h5-8,10H,3-4,9H2,1-2H3,(H,20,23). The monoisotopic (exact) mass is 352 g/mol. The quantitative estimate of drug-likeness (QED) is 0.843. The Labute approximate surface area is 145 Å². The molecule has 1 amide bonds. The highest BCUT2D eigenvalue weighted by atomic mass is 35.5. The first-order valence-corrected chi connectivity index (χ1v) is 8.07. The first kappa shape index (κ1) is 17.5. The Hall–Kier alpha value is -1.85. The molecule has 0 atom stereocenters. The van der Waals surface area contributed by atoms with Crippen LogP contribution in [-0.4, -0.2) is 29.5 Å². The van der Waals surface area contributed by atoms with E-state index < -0.39 is 0 Å². The third-order valence-corrected chi connectivity index (χ3v) is 3.81. The van der Waals surface area contributed by atoms with Crippen molar-refractivity contribution in [3.05, 3.63) is 46.2 Å². The van der Waals surface area contributed by atoms with Crippen LogP contribution in [0.15, 0.2) is 30.5 Å². The maximum atomic E-state index is 12.3. The molecule has 0 radical (unpaired) electrons. The molecule has 1 aromatic heterocycles. The Morgan fingerprint density at radius 3 is 2.83 bits per heavy atom. The third-order valence-electron chi connectivity index (χ3n) is 3.24. The minimum absolute atomic E-state index is 0.273. The molecule has 23 heavy (non-hydrogen) atoms. The molecule has 1 N–H and O–H groups in total. The van der Waals surface area contributed by atoms with Gasteiger partial charge in [0.2, 0.25) is 5.95 Å². The lowest BCUT2D eigenvalue weighted by Gasteiger charge is -2.16. The average Bonchev–Trinajstić information content (AvgIpc) is 2.56. The molecule has 0 saturated heterocycles. The first-order valence-electron chi connectivity index (χ1n) is 7.32. The summed E-state index contributed by atoms with van der Waals surface area (Å²) in [6.45, 7) is 2.95. The van der Waals surface area contributed by atoms with Gasteiger partial charge in [-0.2, -0.15) is 0 Å². The number of nitrogens with zero attached hydrogens (tertiary/aromatic N) is 3. The lowest BCUT2D eigenvalue weighted by Crippen LogP contribution is -2.23. The molecule has 7 heteroatoms. The maximum absolute atomic E-state index is 12.3. The van der Waals surface area contributed by atoms with Crippen molar-refractivity contribution < 1.29 is 4.79 Å². The fourth-order valence-corrected chi connectivity index (χ4v) is 2.27. The van der Waals surface area contributed by atoms with Gasteiger partial charge in [-0.1, -0.05) is 36.5 Å². The molecule has 2 rings (SSSR count). The summed E-state index contributed by atoms with van der Waals surface area (Å²) in [6, 6.07) is 6.44. The summed E-state index contributed by atoms with van der Waals surface area (Å²) in [5.41, 5.74) is 0.720. The van der Waals surface area contributed by atoms with Crippen LogP contribution in [0.5, 0.6) is 0 Å². The lowest BCUT2D eigenvalue weighted by atomic mass is 10.3. The number of nitrogens with one attached hydrogen (secondary N) is 1. The van der Waals surface area contributed by atoms with E-state index in [9.17, 15) is 4.79 Å². The number of carbonyl (C=O) groups excluding carboxylic acids is 1. The predicted molar refractivity (Wildman–Crippen MR) is 94.6 cm³/mol. The largest absolute Gasteiger partial charge is 0.344 e. The highest BCUT2D eigenvalue weighted by Gasteiger charge is 2.13. The van der Waals surface area contributed by atoms with E-state index in [1.165, 1.54) is 0 Å². The number of benzene rings is 1. The minimum atomic E-state index is -0.360. The Balaban J connectivity index is 2.15. The molecule has 0 aliphatic rings. The van der Waals surface area contributed by atoms with Crippen molar-refractivity contribution in [3.63, 3.8) is 0 Å². The average molecular weight is 353 g/mol. The van der Waals surface area contributed by atoms with Crippen molar-refractivity contribution in [3.8, 4) is 0 Å². The number of carbonyl (C=O) groups is 1. The second-order valence-corrected chi connectivity index (χ2v) is 5.94. The Kier molecular flexibility index (Phi) is 6.19. The maximum Gasteiger partial charge on any atom is 0.274 e. The van der Waals surface area contributed by atoms with Crippen LogP contribution in [0, 0.1) is 0 Å². The zero-order valence-electron chi connectivity index (χ0n) is 13.0. The van der Waals surface area contributed by atoms with Crippen LogP contribution in [0.3, 0.4) is 0 Å². The van der Waals surface area contributed by atoms with Gasteiger partial charge >= 0.3 is 0 Å². The van der Waals surface area contributed by atoms with E-state index in [1.807, 2.05) is 11.9 Å². The molecule has 0 fully saturated rings. The Bertz CT molecular complexity index is 694. The van der Waals surface area contributed by atoms with Gasteiger partial charge in [-0.3, -0.25) is 4.79 Å². The van der Waals surface area contributed by atoms with Crippen LogP contribution >= 0.6 is 23.2 Å². The Morgan fingerprint density at radius 2 is 2.09 bits per heavy atom. The van der Waals surface area contributed by atoms with Crippen LogP contribution in [-0.2, 0) is 0 Å². The highest BCUT2D eigenvalue weighted by molar-refractivity contribution is 6.35. The summed E-state index contributed by atoms with van der Waals surface area (Å²) in [6.07, 6.45) is 3.69. The summed E-state index contributed by atoms with van der Waals surface area (Å²) < 4.78 is 0. The molecule has 2 aromatic rings. The fraction of sp³-hybridized carbons (Fsp3) is 0.312. The molecule has 5 nitrogen and oxygen atoms in total. The second-order valence-electron chi connectivity index (χ2n) is 5.10. The van der Waals surface area contributed by atoms with Gasteiger partial charge in [0.25, 0.3) is 5.91 Å². The van der Waals surface area contributed by atoms with Crippen molar-refractivity contribution in [2.75, 3.05) is 23.8 Å². The summed E-state index contributed by atoms with van der Waals surface area (Å²) in [7, 11) is 1.90. The van der Waals surface area contributed by atoms with E-state index in [4.69, 9.17) is 23.2 Å². The van der Waals surface area contributed by atoms with Gasteiger partial charge < -0.3 is 10.2 Å². The molecule has 1 heterocycles. The topological polar surface area (TPSA) is 58.1 Å². The highest BCUT2D eigenvalue weighted by Crippen LogP contribution is 2.25. The van der Waals surface area contributed by atoms with Crippen molar-refractivity contribution in [2.45, 2.75) is 19.8 Å². The molecule has 0 spiro atoms. The number of rotatable bonds is 6. The molecular weight excluding hydrogens is 335 g/mol. The second kappa shape index (κ2) is 8.13.